The molecule has 11 heavy (non-hydrogen) atoms. The minimum Gasteiger partial charge on any atom is -0.353 e. The fourth-order valence-corrected chi connectivity index (χ4v) is 1.18. The molecule has 0 unspecified atom stereocenters. The molecule has 0 saturated carbocycles. The Morgan fingerprint density at radius 3 is 1.91 bits per heavy atom. The van der Waals surface area contributed by atoms with Crippen LogP contribution in [0.3, 0.4) is 0 Å². The Labute approximate surface area is 62.9 Å². The molecular formula is C5H11NO5. The van der Waals surface area contributed by atoms with E-state index in [9.17, 15) is 0 Å². The molecule has 1 aliphatic rings. The van der Waals surface area contributed by atoms with Crippen molar-refractivity contribution in [3.05, 3.63) is 0 Å². The Morgan fingerprint density at radius 1 is 1.18 bits per heavy atom. The molecule has 0 aromatic heterocycles. The van der Waals surface area contributed by atoms with Crippen LogP contribution in [0.15, 0.2) is 0 Å². The van der Waals surface area contributed by atoms with E-state index in [0.29, 0.717) is 11.3 Å². The molecule has 0 bridgehead atoms. The standard InChI is InChI=1S/C5H11NO5/c7-4(8)2-1-3-6(4)5(9,10)11/h7-11H,1-3H2. The van der Waals surface area contributed by atoms with Gasteiger partial charge in [-0.15, -0.1) is 0 Å². The molecule has 66 valence electrons. The Bertz CT molecular complexity index is 151. The average molecular weight is 165 g/mol. The first-order chi connectivity index (χ1) is 4.84. The van der Waals surface area contributed by atoms with Gasteiger partial charge >= 0.3 is 6.10 Å². The fourth-order valence-electron chi connectivity index (χ4n) is 1.18. The summed E-state index contributed by atoms with van der Waals surface area (Å²) in [5.41, 5.74) is 0. The van der Waals surface area contributed by atoms with Gasteiger partial charge in [-0.2, -0.15) is 4.90 Å². The number of hydrogen-bond donors (Lipinski definition) is 5. The van der Waals surface area contributed by atoms with Gasteiger partial charge in [0.15, 0.2) is 0 Å². The van der Waals surface area contributed by atoms with Crippen molar-refractivity contribution in [1.29, 1.82) is 0 Å². The maximum atomic E-state index is 8.99. The number of nitrogens with zero attached hydrogens (tertiary/aromatic N) is 1. The third-order valence-electron chi connectivity index (χ3n) is 1.69. The van der Waals surface area contributed by atoms with Gasteiger partial charge in [-0.05, 0) is 6.42 Å². The average Bonchev–Trinajstić information content (AvgIpc) is 2.06. The van der Waals surface area contributed by atoms with E-state index >= 15 is 0 Å². The summed E-state index contributed by atoms with van der Waals surface area (Å²) < 4.78 is 0. The number of hydrogen-bond acceptors (Lipinski definition) is 6. The molecule has 0 amide bonds. The number of rotatable bonds is 1. The lowest BCUT2D eigenvalue weighted by Gasteiger charge is -2.33. The maximum absolute atomic E-state index is 8.99. The molecular weight excluding hydrogens is 154 g/mol. The molecule has 0 spiro atoms. The van der Waals surface area contributed by atoms with Crippen LogP contribution in [0.5, 0.6) is 0 Å². The van der Waals surface area contributed by atoms with Crippen LogP contribution in [0.25, 0.3) is 0 Å². The summed E-state index contributed by atoms with van der Waals surface area (Å²) >= 11 is 0. The lowest BCUT2D eigenvalue weighted by molar-refractivity contribution is -0.451. The Balaban J connectivity index is 2.73. The molecule has 0 aromatic carbocycles. The van der Waals surface area contributed by atoms with Crippen LogP contribution in [0.2, 0.25) is 0 Å². The van der Waals surface area contributed by atoms with E-state index in [4.69, 9.17) is 25.5 Å². The summed E-state index contributed by atoms with van der Waals surface area (Å²) in [6, 6.07) is 0. The van der Waals surface area contributed by atoms with Gasteiger partial charge < -0.3 is 25.5 Å². The molecule has 1 rings (SSSR count). The zero-order chi connectivity index (χ0) is 8.70. The molecule has 6 heteroatoms. The van der Waals surface area contributed by atoms with Crippen LogP contribution in [0.1, 0.15) is 12.8 Å². The summed E-state index contributed by atoms with van der Waals surface area (Å²) in [7, 11) is 0. The summed E-state index contributed by atoms with van der Waals surface area (Å²) in [6.07, 6.45) is -2.78. The van der Waals surface area contributed by atoms with Gasteiger partial charge in [-0.1, -0.05) is 0 Å². The van der Waals surface area contributed by atoms with Gasteiger partial charge in [0.2, 0.25) is 5.91 Å². The summed E-state index contributed by atoms with van der Waals surface area (Å²) in [5.74, 6) is -2.32. The van der Waals surface area contributed by atoms with Gasteiger partial charge in [-0.25, -0.2) is 0 Å². The Hall–Kier alpha value is -0.240. The van der Waals surface area contributed by atoms with Gasteiger partial charge in [-0.3, -0.25) is 0 Å². The highest BCUT2D eigenvalue weighted by Crippen LogP contribution is 2.27. The van der Waals surface area contributed by atoms with Gasteiger partial charge in [0.05, 0.1) is 0 Å². The topological polar surface area (TPSA) is 104 Å². The second kappa shape index (κ2) is 2.37. The third kappa shape index (κ3) is 1.67. The number of likely N-dealkylation sites (tertiary alicyclic amines) is 1. The molecule has 0 aromatic rings. The van der Waals surface area contributed by atoms with E-state index in [1.807, 2.05) is 0 Å². The first kappa shape index (κ1) is 8.85. The van der Waals surface area contributed by atoms with Crippen LogP contribution in [-0.4, -0.2) is 49.0 Å². The van der Waals surface area contributed by atoms with Crippen LogP contribution in [0.4, 0.5) is 0 Å². The van der Waals surface area contributed by atoms with E-state index in [1.54, 1.807) is 0 Å². The molecule has 0 aliphatic carbocycles. The van der Waals surface area contributed by atoms with E-state index in [0.717, 1.165) is 0 Å². The van der Waals surface area contributed by atoms with Crippen molar-refractivity contribution in [3.63, 3.8) is 0 Å². The molecule has 5 N–H and O–H groups in total. The van der Waals surface area contributed by atoms with Gasteiger partial charge in [0, 0.05) is 13.0 Å². The van der Waals surface area contributed by atoms with Crippen LogP contribution in [0, 0.1) is 0 Å². The molecule has 1 saturated heterocycles. The fraction of sp³-hybridized carbons (Fsp3) is 1.00. The molecule has 0 atom stereocenters. The second-order valence-corrected chi connectivity index (χ2v) is 2.63. The normalized spacial score (nSPS) is 25.9. The maximum Gasteiger partial charge on any atom is 0.350 e. The van der Waals surface area contributed by atoms with Gasteiger partial charge in [0.25, 0.3) is 0 Å². The summed E-state index contributed by atoms with van der Waals surface area (Å²) in [4.78, 5) is 0.389. The van der Waals surface area contributed by atoms with E-state index in [-0.39, 0.29) is 13.0 Å². The highest BCUT2D eigenvalue weighted by molar-refractivity contribution is 4.77. The first-order valence-corrected chi connectivity index (χ1v) is 3.24. The van der Waals surface area contributed by atoms with E-state index in [2.05, 4.69) is 0 Å². The molecule has 1 heterocycles. The molecule has 1 fully saturated rings. The predicted octanol–water partition coefficient (Wildman–Crippen LogP) is -2.69. The predicted molar refractivity (Wildman–Crippen MR) is 32.5 cm³/mol. The lowest BCUT2D eigenvalue weighted by Crippen LogP contribution is -2.57. The van der Waals surface area contributed by atoms with Crippen LogP contribution in [-0.2, 0) is 0 Å². The van der Waals surface area contributed by atoms with Gasteiger partial charge in [0.1, 0.15) is 0 Å². The molecule has 6 nitrogen and oxygen atoms in total. The smallest absolute Gasteiger partial charge is 0.350 e. The van der Waals surface area contributed by atoms with Crippen molar-refractivity contribution in [2.24, 2.45) is 0 Å². The minimum atomic E-state index is -3.15. The van der Waals surface area contributed by atoms with Crippen molar-refractivity contribution < 1.29 is 25.5 Å². The highest BCUT2D eigenvalue weighted by Gasteiger charge is 2.47. The van der Waals surface area contributed by atoms with Crippen LogP contribution >= 0.6 is 0 Å². The molecule has 0 radical (unpaired) electrons. The highest BCUT2D eigenvalue weighted by atomic mass is 16.7. The third-order valence-corrected chi connectivity index (χ3v) is 1.69. The Morgan fingerprint density at radius 2 is 1.73 bits per heavy atom. The Kier molecular flexibility index (Phi) is 1.91. The quantitative estimate of drug-likeness (QED) is 0.271. The SMILES string of the molecule is OC(O)(O)N1CCCC1(O)O. The minimum absolute atomic E-state index is 0.0174. The van der Waals surface area contributed by atoms with Crippen molar-refractivity contribution >= 4 is 0 Å². The number of aliphatic hydroxyl groups is 5. The monoisotopic (exact) mass is 165 g/mol. The summed E-state index contributed by atoms with van der Waals surface area (Å²) in [6.45, 7) is 0.0243. The molecule has 1 aliphatic heterocycles. The zero-order valence-corrected chi connectivity index (χ0v) is 5.80. The van der Waals surface area contributed by atoms with Crippen molar-refractivity contribution in [2.45, 2.75) is 24.8 Å². The van der Waals surface area contributed by atoms with E-state index < -0.39 is 12.0 Å². The zero-order valence-electron chi connectivity index (χ0n) is 5.80. The second-order valence-electron chi connectivity index (χ2n) is 2.63. The van der Waals surface area contributed by atoms with Crippen LogP contribution < -0.4 is 0 Å². The largest absolute Gasteiger partial charge is 0.353 e. The van der Waals surface area contributed by atoms with Crippen molar-refractivity contribution in [2.75, 3.05) is 6.54 Å². The van der Waals surface area contributed by atoms with E-state index in [1.165, 1.54) is 0 Å². The summed E-state index contributed by atoms with van der Waals surface area (Å²) in [5, 5.41) is 43.7. The van der Waals surface area contributed by atoms with Crippen molar-refractivity contribution in [1.82, 2.24) is 4.90 Å². The lowest BCUT2D eigenvalue weighted by atomic mass is 10.3. The first-order valence-electron chi connectivity index (χ1n) is 3.24. The van der Waals surface area contributed by atoms with Crippen molar-refractivity contribution in [3.8, 4) is 0 Å².